The molecule has 2 aromatic rings. The van der Waals surface area contributed by atoms with Crippen molar-refractivity contribution in [3.8, 4) is 0 Å². The van der Waals surface area contributed by atoms with Gasteiger partial charge in [0.1, 0.15) is 0 Å². The van der Waals surface area contributed by atoms with Crippen LogP contribution in [0.5, 0.6) is 0 Å². The van der Waals surface area contributed by atoms with Crippen molar-refractivity contribution in [2.24, 2.45) is 0 Å². The van der Waals surface area contributed by atoms with Gasteiger partial charge in [-0.05, 0) is 17.0 Å². The van der Waals surface area contributed by atoms with Crippen molar-refractivity contribution < 1.29 is 1.43 Å². The van der Waals surface area contributed by atoms with E-state index in [0.29, 0.717) is 0 Å². The fraction of sp³-hybridized carbons (Fsp3) is 0.364. The van der Waals surface area contributed by atoms with E-state index in [1.165, 1.54) is 10.9 Å². The molecule has 13 heavy (non-hydrogen) atoms. The zero-order valence-corrected chi connectivity index (χ0v) is 8.26. The van der Waals surface area contributed by atoms with Crippen LogP contribution in [-0.2, 0) is 5.41 Å². The van der Waals surface area contributed by atoms with Gasteiger partial charge < -0.3 is 0 Å². The van der Waals surface area contributed by atoms with E-state index in [0.717, 1.165) is 5.52 Å². The van der Waals surface area contributed by atoms with Crippen molar-refractivity contribution in [3.63, 3.8) is 0 Å². The minimum absolute atomic E-state index is 0. The van der Waals surface area contributed by atoms with Gasteiger partial charge in [-0.3, -0.25) is 5.10 Å². The second-order valence-corrected chi connectivity index (χ2v) is 4.39. The predicted molar refractivity (Wildman–Crippen MR) is 56.9 cm³/mol. The highest BCUT2D eigenvalue weighted by Gasteiger charge is 2.16. The van der Waals surface area contributed by atoms with Gasteiger partial charge in [0, 0.05) is 6.81 Å². The lowest BCUT2D eigenvalue weighted by molar-refractivity contribution is 0.596. The molecular formula is C11H16N2. The quantitative estimate of drug-likeness (QED) is 0.656. The average molecular weight is 176 g/mol. The number of H-pyrrole nitrogens is 1. The second kappa shape index (κ2) is 2.59. The van der Waals surface area contributed by atoms with Crippen molar-refractivity contribution in [1.82, 2.24) is 10.2 Å². The van der Waals surface area contributed by atoms with Gasteiger partial charge in [0.2, 0.25) is 0 Å². The van der Waals surface area contributed by atoms with Crippen LogP contribution in [0, 0.1) is 0 Å². The van der Waals surface area contributed by atoms with Crippen LogP contribution in [0.3, 0.4) is 0 Å². The van der Waals surface area contributed by atoms with Crippen LogP contribution in [0.2, 0.25) is 0 Å². The van der Waals surface area contributed by atoms with E-state index in [9.17, 15) is 0 Å². The van der Waals surface area contributed by atoms with Crippen molar-refractivity contribution in [2.75, 3.05) is 0 Å². The first-order valence-corrected chi connectivity index (χ1v) is 4.51. The Balaban J connectivity index is 0.000000980. The number of hydrogen-bond donors (Lipinski definition) is 1. The standard InChI is InChI=1S/C11H14N2.H2/c1-11(2,3)9-5-4-6-10-8(9)7-12-13-10;/h4-7H,1-3H3,(H,12,13);1H. The lowest BCUT2D eigenvalue weighted by Gasteiger charge is -2.19. The smallest absolute Gasteiger partial charge is 0.0653 e. The summed E-state index contributed by atoms with van der Waals surface area (Å²) in [7, 11) is 0. The third-order valence-electron chi connectivity index (χ3n) is 2.29. The zero-order valence-electron chi connectivity index (χ0n) is 8.26. The maximum Gasteiger partial charge on any atom is 0.0653 e. The Kier molecular flexibility index (Phi) is 1.65. The molecule has 0 spiro atoms. The summed E-state index contributed by atoms with van der Waals surface area (Å²) < 4.78 is 0. The molecule has 1 aromatic carbocycles. The third-order valence-corrected chi connectivity index (χ3v) is 2.29. The molecule has 0 aliphatic carbocycles. The van der Waals surface area contributed by atoms with E-state index in [-0.39, 0.29) is 6.84 Å². The number of rotatable bonds is 0. The van der Waals surface area contributed by atoms with Crippen LogP contribution < -0.4 is 0 Å². The Morgan fingerprint density at radius 1 is 1.31 bits per heavy atom. The van der Waals surface area contributed by atoms with Crippen molar-refractivity contribution >= 4 is 10.9 Å². The number of aromatic amines is 1. The summed E-state index contributed by atoms with van der Waals surface area (Å²) in [6.45, 7) is 6.65. The number of nitrogens with zero attached hydrogens (tertiary/aromatic N) is 1. The normalized spacial score (nSPS) is 12.2. The molecule has 1 N–H and O–H groups in total. The van der Waals surface area contributed by atoms with Gasteiger partial charge in [-0.25, -0.2) is 0 Å². The first-order chi connectivity index (χ1) is 6.09. The Hall–Kier alpha value is -1.31. The van der Waals surface area contributed by atoms with Gasteiger partial charge in [-0.2, -0.15) is 5.10 Å². The largest absolute Gasteiger partial charge is 0.278 e. The van der Waals surface area contributed by atoms with Crippen LogP contribution in [-0.4, -0.2) is 10.2 Å². The lowest BCUT2D eigenvalue weighted by Crippen LogP contribution is -2.10. The van der Waals surface area contributed by atoms with Crippen LogP contribution in [0.25, 0.3) is 10.9 Å². The molecule has 0 atom stereocenters. The fourth-order valence-corrected chi connectivity index (χ4v) is 1.62. The Morgan fingerprint density at radius 3 is 2.77 bits per heavy atom. The number of fused-ring (bicyclic) bond motifs is 1. The summed E-state index contributed by atoms with van der Waals surface area (Å²) in [6.07, 6.45) is 1.90. The molecule has 0 aliphatic rings. The highest BCUT2D eigenvalue weighted by Crippen LogP contribution is 2.28. The monoisotopic (exact) mass is 176 g/mol. The van der Waals surface area contributed by atoms with Gasteiger partial charge in [-0.15, -0.1) is 0 Å². The number of hydrogen-bond acceptors (Lipinski definition) is 1. The molecule has 0 amide bonds. The number of aromatic nitrogens is 2. The molecule has 0 unspecified atom stereocenters. The molecule has 0 fully saturated rings. The molecule has 0 saturated heterocycles. The summed E-state index contributed by atoms with van der Waals surface area (Å²) >= 11 is 0. The van der Waals surface area contributed by atoms with Crippen LogP contribution >= 0.6 is 0 Å². The summed E-state index contributed by atoms with van der Waals surface area (Å²) in [5.41, 5.74) is 2.65. The minimum atomic E-state index is 0. The first-order valence-electron chi connectivity index (χ1n) is 4.51. The van der Waals surface area contributed by atoms with E-state index in [2.05, 4.69) is 49.2 Å². The maximum atomic E-state index is 4.05. The molecule has 2 heteroatoms. The third kappa shape index (κ3) is 1.32. The van der Waals surface area contributed by atoms with Crippen LogP contribution in [0.4, 0.5) is 0 Å². The molecule has 0 aliphatic heterocycles. The lowest BCUT2D eigenvalue weighted by atomic mass is 9.85. The minimum Gasteiger partial charge on any atom is -0.278 e. The van der Waals surface area contributed by atoms with Gasteiger partial charge >= 0.3 is 0 Å². The molecule has 2 nitrogen and oxygen atoms in total. The SMILES string of the molecule is CC(C)(C)c1cccc2[nH]ncc12.[HH]. The topological polar surface area (TPSA) is 28.7 Å². The van der Waals surface area contributed by atoms with Gasteiger partial charge in [-0.1, -0.05) is 32.9 Å². The highest BCUT2D eigenvalue weighted by atomic mass is 15.1. The Labute approximate surface area is 79.5 Å². The molecule has 0 bridgehead atoms. The second-order valence-electron chi connectivity index (χ2n) is 4.39. The van der Waals surface area contributed by atoms with Crippen LogP contribution in [0.1, 0.15) is 27.8 Å². The average Bonchev–Trinajstić information content (AvgIpc) is 2.48. The molecule has 0 radical (unpaired) electrons. The summed E-state index contributed by atoms with van der Waals surface area (Å²) in [5, 5.41) is 8.26. The van der Waals surface area contributed by atoms with Gasteiger partial charge in [0.15, 0.2) is 0 Å². The molecule has 1 heterocycles. The first kappa shape index (κ1) is 8.30. The molecule has 0 saturated carbocycles. The van der Waals surface area contributed by atoms with Crippen molar-refractivity contribution in [1.29, 1.82) is 0 Å². The van der Waals surface area contributed by atoms with Crippen LogP contribution in [0.15, 0.2) is 24.4 Å². The predicted octanol–water partition coefficient (Wildman–Crippen LogP) is 3.11. The Morgan fingerprint density at radius 2 is 2.08 bits per heavy atom. The van der Waals surface area contributed by atoms with Crippen molar-refractivity contribution in [3.05, 3.63) is 30.0 Å². The van der Waals surface area contributed by atoms with E-state index >= 15 is 0 Å². The van der Waals surface area contributed by atoms with E-state index < -0.39 is 0 Å². The number of benzene rings is 1. The van der Waals surface area contributed by atoms with Crippen molar-refractivity contribution in [2.45, 2.75) is 26.2 Å². The van der Waals surface area contributed by atoms with E-state index in [1.807, 2.05) is 6.20 Å². The van der Waals surface area contributed by atoms with Gasteiger partial charge in [0.25, 0.3) is 0 Å². The maximum absolute atomic E-state index is 4.05. The molecule has 70 valence electrons. The molecule has 2 rings (SSSR count). The van der Waals surface area contributed by atoms with E-state index in [1.54, 1.807) is 0 Å². The summed E-state index contributed by atoms with van der Waals surface area (Å²) in [5.74, 6) is 0. The Bertz CT molecular complexity index is 426. The zero-order chi connectivity index (χ0) is 9.47. The summed E-state index contributed by atoms with van der Waals surface area (Å²) in [4.78, 5) is 0. The summed E-state index contributed by atoms with van der Waals surface area (Å²) in [6, 6.07) is 6.29. The molecule has 1 aromatic heterocycles. The van der Waals surface area contributed by atoms with Gasteiger partial charge in [0.05, 0.1) is 11.7 Å². The highest BCUT2D eigenvalue weighted by molar-refractivity contribution is 5.82. The molecular weight excluding hydrogens is 160 g/mol. The fourth-order valence-electron chi connectivity index (χ4n) is 1.62. The van der Waals surface area contributed by atoms with E-state index in [4.69, 9.17) is 0 Å². The number of nitrogens with one attached hydrogen (secondary N) is 1.